The molecule has 0 aromatic carbocycles. The molecule has 122 valence electrons. The van der Waals surface area contributed by atoms with Crippen LogP contribution in [0.2, 0.25) is 0 Å². The maximum absolute atomic E-state index is 5.35. The summed E-state index contributed by atoms with van der Waals surface area (Å²) in [6.07, 6.45) is 2.85. The van der Waals surface area contributed by atoms with Gasteiger partial charge in [0.05, 0.1) is 0 Å². The van der Waals surface area contributed by atoms with Crippen LogP contribution in [0.5, 0.6) is 0 Å². The van der Waals surface area contributed by atoms with E-state index in [1.165, 1.54) is 0 Å². The summed E-state index contributed by atoms with van der Waals surface area (Å²) in [5, 5.41) is 3.41. The smallest absolute Gasteiger partial charge is 0.193 e. The lowest BCUT2D eigenvalue weighted by Crippen LogP contribution is -2.52. The van der Waals surface area contributed by atoms with Crippen LogP contribution in [0.25, 0.3) is 0 Å². The van der Waals surface area contributed by atoms with Crippen molar-refractivity contribution in [1.29, 1.82) is 0 Å². The van der Waals surface area contributed by atoms with Gasteiger partial charge in [0.15, 0.2) is 5.96 Å². The Bertz CT molecular complexity index is 443. The molecule has 1 fully saturated rings. The summed E-state index contributed by atoms with van der Waals surface area (Å²) in [6, 6.07) is 6.05. The minimum Gasteiger partial charge on any atom is -0.382 e. The minimum absolute atomic E-state index is 0.782. The van der Waals surface area contributed by atoms with Gasteiger partial charge in [-0.05, 0) is 25.5 Å². The van der Waals surface area contributed by atoms with Crippen molar-refractivity contribution in [2.45, 2.75) is 13.3 Å². The summed E-state index contributed by atoms with van der Waals surface area (Å²) in [5.41, 5.74) is 0. The Hall–Kier alpha value is -1.82. The molecule has 1 aliphatic rings. The molecular weight excluding hydrogens is 278 g/mol. The maximum atomic E-state index is 5.35. The van der Waals surface area contributed by atoms with E-state index in [9.17, 15) is 0 Å². The average Bonchev–Trinajstić information content (AvgIpc) is 2.59. The van der Waals surface area contributed by atoms with Crippen LogP contribution in [0.15, 0.2) is 29.4 Å². The average molecular weight is 305 g/mol. The zero-order valence-electron chi connectivity index (χ0n) is 13.7. The highest BCUT2D eigenvalue weighted by molar-refractivity contribution is 5.80. The zero-order valence-corrected chi connectivity index (χ0v) is 13.7. The van der Waals surface area contributed by atoms with E-state index in [1.54, 1.807) is 0 Å². The normalized spacial score (nSPS) is 16.0. The first-order chi connectivity index (χ1) is 10.8. The highest BCUT2D eigenvalue weighted by atomic mass is 16.5. The molecule has 2 rings (SSSR count). The van der Waals surface area contributed by atoms with Gasteiger partial charge in [-0.3, -0.25) is 4.99 Å². The van der Waals surface area contributed by atoms with Gasteiger partial charge in [-0.1, -0.05) is 6.07 Å². The van der Waals surface area contributed by atoms with Gasteiger partial charge in [-0.15, -0.1) is 0 Å². The molecule has 1 saturated heterocycles. The van der Waals surface area contributed by atoms with Crippen LogP contribution in [0.3, 0.4) is 0 Å². The number of rotatable bonds is 6. The molecule has 22 heavy (non-hydrogen) atoms. The SMILES string of the molecule is CCOCCCNC(=NC)N1CCN(c2ccccn2)CC1. The highest BCUT2D eigenvalue weighted by Crippen LogP contribution is 2.12. The molecule has 0 radical (unpaired) electrons. The first kappa shape index (κ1) is 16.5. The van der Waals surface area contributed by atoms with Crippen molar-refractivity contribution >= 4 is 11.8 Å². The lowest BCUT2D eigenvalue weighted by atomic mass is 10.3. The number of aliphatic imine (C=N–C) groups is 1. The topological polar surface area (TPSA) is 53.0 Å². The lowest BCUT2D eigenvalue weighted by Gasteiger charge is -2.37. The van der Waals surface area contributed by atoms with Crippen molar-refractivity contribution in [3.05, 3.63) is 24.4 Å². The summed E-state index contributed by atoms with van der Waals surface area (Å²) in [4.78, 5) is 13.4. The standard InChI is InChI=1S/C16H27N5O/c1-3-22-14-6-9-19-16(17-2)21-12-10-20(11-13-21)15-7-4-5-8-18-15/h4-5,7-8H,3,6,9-14H2,1-2H3,(H,17,19). The van der Waals surface area contributed by atoms with E-state index in [-0.39, 0.29) is 0 Å². The summed E-state index contributed by atoms with van der Waals surface area (Å²) >= 11 is 0. The van der Waals surface area contributed by atoms with Crippen LogP contribution in [0.1, 0.15) is 13.3 Å². The Morgan fingerprint density at radius 3 is 2.77 bits per heavy atom. The summed E-state index contributed by atoms with van der Waals surface area (Å²) in [6.45, 7) is 8.36. The Morgan fingerprint density at radius 2 is 2.14 bits per heavy atom. The van der Waals surface area contributed by atoms with Crippen LogP contribution in [-0.2, 0) is 4.74 Å². The maximum Gasteiger partial charge on any atom is 0.193 e. The van der Waals surface area contributed by atoms with Crippen molar-refractivity contribution in [3.8, 4) is 0 Å². The van der Waals surface area contributed by atoms with Crippen molar-refractivity contribution in [2.75, 3.05) is 57.9 Å². The molecule has 0 aliphatic carbocycles. The fourth-order valence-electron chi connectivity index (χ4n) is 2.54. The van der Waals surface area contributed by atoms with Gasteiger partial charge in [0, 0.05) is 59.2 Å². The van der Waals surface area contributed by atoms with E-state index in [1.807, 2.05) is 32.3 Å². The Labute approximate surface area is 133 Å². The van der Waals surface area contributed by atoms with E-state index in [0.29, 0.717) is 0 Å². The molecule has 6 nitrogen and oxygen atoms in total. The van der Waals surface area contributed by atoms with Gasteiger partial charge in [-0.25, -0.2) is 4.98 Å². The number of piperazine rings is 1. The van der Waals surface area contributed by atoms with Crippen LogP contribution in [0, 0.1) is 0 Å². The molecule has 0 amide bonds. The van der Waals surface area contributed by atoms with E-state index in [4.69, 9.17) is 4.74 Å². The quantitative estimate of drug-likeness (QED) is 0.486. The summed E-state index contributed by atoms with van der Waals surface area (Å²) in [5.74, 6) is 2.04. The molecule has 6 heteroatoms. The molecule has 0 unspecified atom stereocenters. The second kappa shape index (κ2) is 9.25. The second-order valence-corrected chi connectivity index (χ2v) is 5.19. The molecule has 1 aliphatic heterocycles. The number of pyridine rings is 1. The largest absolute Gasteiger partial charge is 0.382 e. The minimum atomic E-state index is 0.782. The third kappa shape index (κ3) is 4.87. The number of guanidine groups is 1. The fourth-order valence-corrected chi connectivity index (χ4v) is 2.54. The molecular formula is C16H27N5O. The Morgan fingerprint density at radius 1 is 1.32 bits per heavy atom. The van der Waals surface area contributed by atoms with Gasteiger partial charge in [0.25, 0.3) is 0 Å². The van der Waals surface area contributed by atoms with Crippen LogP contribution >= 0.6 is 0 Å². The number of nitrogens with zero attached hydrogens (tertiary/aromatic N) is 4. The predicted octanol–water partition coefficient (Wildman–Crippen LogP) is 1.21. The summed E-state index contributed by atoms with van der Waals surface area (Å²) < 4.78 is 5.35. The molecule has 0 atom stereocenters. The first-order valence-corrected chi connectivity index (χ1v) is 8.04. The van der Waals surface area contributed by atoms with Crippen LogP contribution in [-0.4, -0.2) is 68.8 Å². The molecule has 1 N–H and O–H groups in total. The monoisotopic (exact) mass is 305 g/mol. The molecule has 0 spiro atoms. The number of hydrogen-bond donors (Lipinski definition) is 1. The number of nitrogens with one attached hydrogen (secondary N) is 1. The van der Waals surface area contributed by atoms with Crippen LogP contribution in [0.4, 0.5) is 5.82 Å². The number of aromatic nitrogens is 1. The fraction of sp³-hybridized carbons (Fsp3) is 0.625. The Balaban J connectivity index is 1.75. The highest BCUT2D eigenvalue weighted by Gasteiger charge is 2.19. The van der Waals surface area contributed by atoms with Gasteiger partial charge in [-0.2, -0.15) is 0 Å². The van der Waals surface area contributed by atoms with Crippen LogP contribution < -0.4 is 10.2 Å². The molecule has 1 aromatic heterocycles. The van der Waals surface area contributed by atoms with E-state index >= 15 is 0 Å². The first-order valence-electron chi connectivity index (χ1n) is 8.04. The second-order valence-electron chi connectivity index (χ2n) is 5.19. The Kier molecular flexibility index (Phi) is 6.96. The van der Waals surface area contributed by atoms with E-state index in [2.05, 4.69) is 31.2 Å². The molecule has 0 bridgehead atoms. The van der Waals surface area contributed by atoms with Crippen molar-refractivity contribution < 1.29 is 4.74 Å². The van der Waals surface area contributed by atoms with E-state index in [0.717, 1.165) is 64.1 Å². The third-order valence-electron chi connectivity index (χ3n) is 3.72. The van der Waals surface area contributed by atoms with Crippen molar-refractivity contribution in [1.82, 2.24) is 15.2 Å². The van der Waals surface area contributed by atoms with E-state index < -0.39 is 0 Å². The van der Waals surface area contributed by atoms with Gasteiger partial charge < -0.3 is 19.9 Å². The van der Waals surface area contributed by atoms with Crippen molar-refractivity contribution in [3.63, 3.8) is 0 Å². The third-order valence-corrected chi connectivity index (χ3v) is 3.72. The molecule has 2 heterocycles. The van der Waals surface area contributed by atoms with Gasteiger partial charge in [0.1, 0.15) is 5.82 Å². The van der Waals surface area contributed by atoms with Gasteiger partial charge >= 0.3 is 0 Å². The molecule has 1 aromatic rings. The van der Waals surface area contributed by atoms with Gasteiger partial charge in [0.2, 0.25) is 0 Å². The number of ether oxygens (including phenoxy) is 1. The summed E-state index contributed by atoms with van der Waals surface area (Å²) in [7, 11) is 1.84. The zero-order chi connectivity index (χ0) is 15.6. The predicted molar refractivity (Wildman–Crippen MR) is 90.5 cm³/mol. The lowest BCUT2D eigenvalue weighted by molar-refractivity contribution is 0.145. The number of anilines is 1. The van der Waals surface area contributed by atoms with Crippen molar-refractivity contribution in [2.24, 2.45) is 4.99 Å². The molecule has 0 saturated carbocycles. The number of hydrogen-bond acceptors (Lipinski definition) is 4.